The van der Waals surface area contributed by atoms with E-state index in [-0.39, 0.29) is 18.2 Å². The molecule has 0 saturated heterocycles. The largest absolute Gasteiger partial charge is 0.324 e. The molecule has 0 aliphatic heterocycles. The van der Waals surface area contributed by atoms with Crippen LogP contribution in [0.2, 0.25) is 5.02 Å². The molecule has 27 heavy (non-hydrogen) atoms. The van der Waals surface area contributed by atoms with Crippen molar-refractivity contribution in [1.29, 1.82) is 0 Å². The number of anilines is 1. The first kappa shape index (κ1) is 18.8. The summed E-state index contributed by atoms with van der Waals surface area (Å²) in [5, 5.41) is 6.32. The van der Waals surface area contributed by atoms with E-state index in [0.29, 0.717) is 28.4 Å². The molecule has 0 radical (unpaired) electrons. The summed E-state index contributed by atoms with van der Waals surface area (Å²) >= 11 is 6.06. The zero-order chi connectivity index (χ0) is 19.1. The molecule has 0 aliphatic rings. The van der Waals surface area contributed by atoms with Crippen LogP contribution in [0, 0.1) is 0 Å². The minimum absolute atomic E-state index is 0.135. The second kappa shape index (κ2) is 9.12. The molecule has 0 aromatic heterocycles. The Balaban J connectivity index is 1.67. The first-order chi connectivity index (χ1) is 13.1. The molecule has 0 atom stereocenters. The highest BCUT2D eigenvalue weighted by atomic mass is 35.5. The Bertz CT molecular complexity index is 928. The van der Waals surface area contributed by atoms with Crippen molar-refractivity contribution in [2.45, 2.75) is 6.54 Å². The van der Waals surface area contributed by atoms with Gasteiger partial charge in [-0.15, -0.1) is 0 Å². The monoisotopic (exact) mass is 378 g/mol. The lowest BCUT2D eigenvalue weighted by Gasteiger charge is -2.12. The summed E-state index contributed by atoms with van der Waals surface area (Å²) in [4.78, 5) is 25.1. The zero-order valence-corrected chi connectivity index (χ0v) is 15.4. The standard InChI is InChI=1S/C22H19ClN2O2/c23-18-11-12-20(19(13-18)22(27)17-9-5-2-6-10-17)25-21(26)15-24-14-16-7-3-1-4-8-16/h1-13,24H,14-15H2,(H,25,26). The molecular weight excluding hydrogens is 360 g/mol. The van der Waals surface area contributed by atoms with Gasteiger partial charge >= 0.3 is 0 Å². The quantitative estimate of drug-likeness (QED) is 0.603. The highest BCUT2D eigenvalue weighted by Crippen LogP contribution is 2.23. The number of benzene rings is 3. The molecule has 0 fully saturated rings. The van der Waals surface area contributed by atoms with Crippen LogP contribution < -0.4 is 10.6 Å². The minimum atomic E-state index is -0.227. The molecule has 2 N–H and O–H groups in total. The number of hydrogen-bond donors (Lipinski definition) is 2. The average molecular weight is 379 g/mol. The maximum Gasteiger partial charge on any atom is 0.238 e. The summed E-state index contributed by atoms with van der Waals surface area (Å²) in [6, 6.07) is 23.6. The van der Waals surface area contributed by atoms with Crippen LogP contribution in [-0.4, -0.2) is 18.2 Å². The van der Waals surface area contributed by atoms with Crippen molar-refractivity contribution in [2.24, 2.45) is 0 Å². The van der Waals surface area contributed by atoms with Crippen molar-refractivity contribution in [3.8, 4) is 0 Å². The summed E-state index contributed by atoms with van der Waals surface area (Å²) in [7, 11) is 0. The maximum absolute atomic E-state index is 12.8. The molecule has 136 valence electrons. The second-order valence-electron chi connectivity index (χ2n) is 6.02. The molecule has 5 heteroatoms. The van der Waals surface area contributed by atoms with Crippen LogP contribution >= 0.6 is 11.6 Å². The summed E-state index contributed by atoms with van der Waals surface area (Å²) in [6.07, 6.45) is 0. The first-order valence-electron chi connectivity index (χ1n) is 8.57. The Hall–Kier alpha value is -2.95. The van der Waals surface area contributed by atoms with E-state index in [0.717, 1.165) is 5.56 Å². The van der Waals surface area contributed by atoms with Gasteiger partial charge in [0.2, 0.25) is 5.91 Å². The summed E-state index contributed by atoms with van der Waals surface area (Å²) < 4.78 is 0. The molecule has 1 amide bonds. The van der Waals surface area contributed by atoms with Gasteiger partial charge in [0.25, 0.3) is 0 Å². The van der Waals surface area contributed by atoms with Crippen LogP contribution in [0.5, 0.6) is 0 Å². The molecule has 0 heterocycles. The number of nitrogens with one attached hydrogen (secondary N) is 2. The third-order valence-corrected chi connectivity index (χ3v) is 4.23. The normalized spacial score (nSPS) is 10.4. The molecule has 0 unspecified atom stereocenters. The van der Waals surface area contributed by atoms with Crippen molar-refractivity contribution in [2.75, 3.05) is 11.9 Å². The van der Waals surface area contributed by atoms with Crippen LogP contribution in [0.4, 0.5) is 5.69 Å². The topological polar surface area (TPSA) is 58.2 Å². The van der Waals surface area contributed by atoms with Gasteiger partial charge in [-0.3, -0.25) is 9.59 Å². The molecule has 3 rings (SSSR count). The zero-order valence-electron chi connectivity index (χ0n) is 14.6. The molecular formula is C22H19ClN2O2. The highest BCUT2D eigenvalue weighted by molar-refractivity contribution is 6.31. The third-order valence-electron chi connectivity index (χ3n) is 3.99. The van der Waals surface area contributed by atoms with Crippen molar-refractivity contribution < 1.29 is 9.59 Å². The average Bonchev–Trinajstić information content (AvgIpc) is 2.70. The van der Waals surface area contributed by atoms with Crippen molar-refractivity contribution in [3.63, 3.8) is 0 Å². The molecule has 4 nitrogen and oxygen atoms in total. The van der Waals surface area contributed by atoms with Gasteiger partial charge in [-0.05, 0) is 23.8 Å². The third kappa shape index (κ3) is 5.26. The minimum Gasteiger partial charge on any atom is -0.324 e. The van der Waals surface area contributed by atoms with E-state index in [1.54, 1.807) is 42.5 Å². The van der Waals surface area contributed by atoms with Crippen LogP contribution in [0.1, 0.15) is 21.5 Å². The van der Waals surface area contributed by atoms with Crippen LogP contribution in [0.3, 0.4) is 0 Å². The summed E-state index contributed by atoms with van der Waals surface area (Å²) in [6.45, 7) is 0.723. The SMILES string of the molecule is O=C(CNCc1ccccc1)Nc1ccc(Cl)cc1C(=O)c1ccccc1. The van der Waals surface area contributed by atoms with Crippen molar-refractivity contribution in [3.05, 3.63) is 101 Å². The van der Waals surface area contributed by atoms with E-state index in [9.17, 15) is 9.59 Å². The van der Waals surface area contributed by atoms with E-state index >= 15 is 0 Å². The molecule has 3 aromatic carbocycles. The number of amides is 1. The van der Waals surface area contributed by atoms with Gasteiger partial charge in [0, 0.05) is 22.7 Å². The number of rotatable bonds is 7. The van der Waals surface area contributed by atoms with Gasteiger partial charge in [-0.2, -0.15) is 0 Å². The van der Waals surface area contributed by atoms with Crippen LogP contribution in [-0.2, 0) is 11.3 Å². The molecule has 0 spiro atoms. The number of carbonyl (C=O) groups is 2. The van der Waals surface area contributed by atoms with E-state index in [2.05, 4.69) is 10.6 Å². The van der Waals surface area contributed by atoms with E-state index in [1.807, 2.05) is 36.4 Å². The highest BCUT2D eigenvalue weighted by Gasteiger charge is 2.15. The summed E-state index contributed by atoms with van der Waals surface area (Å²) in [5.74, 6) is -0.416. The number of hydrogen-bond acceptors (Lipinski definition) is 3. The van der Waals surface area contributed by atoms with Crippen LogP contribution in [0.25, 0.3) is 0 Å². The van der Waals surface area contributed by atoms with Gasteiger partial charge in [0.15, 0.2) is 5.78 Å². The predicted molar refractivity (Wildman–Crippen MR) is 108 cm³/mol. The number of carbonyl (C=O) groups excluding carboxylic acids is 2. The number of ketones is 1. The first-order valence-corrected chi connectivity index (χ1v) is 8.95. The molecule has 0 saturated carbocycles. The summed E-state index contributed by atoms with van der Waals surface area (Å²) in [5.41, 5.74) is 2.44. The van der Waals surface area contributed by atoms with E-state index < -0.39 is 0 Å². The van der Waals surface area contributed by atoms with E-state index in [1.165, 1.54) is 0 Å². The van der Waals surface area contributed by atoms with Gasteiger partial charge < -0.3 is 10.6 Å². The van der Waals surface area contributed by atoms with Gasteiger partial charge in [-0.1, -0.05) is 72.3 Å². The lowest BCUT2D eigenvalue weighted by Crippen LogP contribution is -2.28. The second-order valence-corrected chi connectivity index (χ2v) is 6.46. The van der Waals surface area contributed by atoms with Crippen molar-refractivity contribution in [1.82, 2.24) is 5.32 Å². The molecule has 3 aromatic rings. The Labute approximate surface area is 163 Å². The Kier molecular flexibility index (Phi) is 6.36. The fourth-order valence-corrected chi connectivity index (χ4v) is 2.84. The smallest absolute Gasteiger partial charge is 0.238 e. The fourth-order valence-electron chi connectivity index (χ4n) is 2.67. The Morgan fingerprint density at radius 1 is 0.852 bits per heavy atom. The Morgan fingerprint density at radius 3 is 2.22 bits per heavy atom. The van der Waals surface area contributed by atoms with Gasteiger partial charge in [0.05, 0.1) is 12.2 Å². The van der Waals surface area contributed by atoms with Crippen molar-refractivity contribution >= 4 is 29.0 Å². The van der Waals surface area contributed by atoms with Gasteiger partial charge in [0.1, 0.15) is 0 Å². The predicted octanol–water partition coefficient (Wildman–Crippen LogP) is 4.30. The molecule has 0 aliphatic carbocycles. The fraction of sp³-hybridized carbons (Fsp3) is 0.0909. The maximum atomic E-state index is 12.8. The lowest BCUT2D eigenvalue weighted by atomic mass is 10.0. The van der Waals surface area contributed by atoms with Crippen LogP contribution in [0.15, 0.2) is 78.9 Å². The lowest BCUT2D eigenvalue weighted by molar-refractivity contribution is -0.115. The molecule has 0 bridgehead atoms. The van der Waals surface area contributed by atoms with E-state index in [4.69, 9.17) is 11.6 Å². The van der Waals surface area contributed by atoms with Gasteiger partial charge in [-0.25, -0.2) is 0 Å². The Morgan fingerprint density at radius 2 is 1.52 bits per heavy atom. The number of halogens is 1.